The van der Waals surface area contributed by atoms with Crippen molar-refractivity contribution < 1.29 is 9.53 Å². The Hall–Kier alpha value is -1.39. The maximum atomic E-state index is 12.4. The molecule has 1 atom stereocenters. The Balaban J connectivity index is 1.42. The first kappa shape index (κ1) is 15.5. The van der Waals surface area contributed by atoms with Gasteiger partial charge in [0.1, 0.15) is 0 Å². The van der Waals surface area contributed by atoms with Crippen molar-refractivity contribution in [2.75, 3.05) is 39.4 Å². The van der Waals surface area contributed by atoms with E-state index in [0.29, 0.717) is 18.2 Å². The van der Waals surface area contributed by atoms with Crippen molar-refractivity contribution in [2.24, 2.45) is 5.92 Å². The van der Waals surface area contributed by atoms with Gasteiger partial charge >= 0.3 is 0 Å². The molecular weight excluding hydrogens is 276 g/mol. The molecule has 0 aromatic heterocycles. The van der Waals surface area contributed by atoms with Crippen LogP contribution >= 0.6 is 0 Å². The van der Waals surface area contributed by atoms with Gasteiger partial charge in [-0.3, -0.25) is 9.69 Å². The fraction of sp³-hybridized carbons (Fsp3) is 0.611. The molecule has 4 heteroatoms. The first-order valence-electron chi connectivity index (χ1n) is 8.43. The van der Waals surface area contributed by atoms with Gasteiger partial charge < -0.3 is 9.64 Å². The average molecular weight is 302 g/mol. The number of carbonyl (C=O) groups is 1. The lowest BCUT2D eigenvalue weighted by atomic mass is 9.98. The van der Waals surface area contributed by atoms with Crippen LogP contribution in [0.1, 0.15) is 24.8 Å². The summed E-state index contributed by atoms with van der Waals surface area (Å²) < 4.78 is 5.47. The molecule has 120 valence electrons. The number of ether oxygens (including phenoxy) is 1. The van der Waals surface area contributed by atoms with Crippen LogP contribution < -0.4 is 0 Å². The molecule has 0 N–H and O–H groups in total. The first-order valence-corrected chi connectivity index (χ1v) is 8.43. The highest BCUT2D eigenvalue weighted by Crippen LogP contribution is 2.19. The second-order valence-corrected chi connectivity index (χ2v) is 6.43. The second-order valence-electron chi connectivity index (χ2n) is 6.43. The van der Waals surface area contributed by atoms with Gasteiger partial charge in [0.2, 0.25) is 5.91 Å². The Bertz CT molecular complexity index is 463. The van der Waals surface area contributed by atoms with Gasteiger partial charge in [0, 0.05) is 52.4 Å². The summed E-state index contributed by atoms with van der Waals surface area (Å²) in [5, 5.41) is 0. The molecule has 2 saturated heterocycles. The molecule has 0 aliphatic carbocycles. The van der Waals surface area contributed by atoms with E-state index in [1.54, 1.807) is 0 Å². The molecule has 22 heavy (non-hydrogen) atoms. The molecule has 4 nitrogen and oxygen atoms in total. The molecule has 1 unspecified atom stereocenters. The normalized spacial score (nSPS) is 23.5. The molecule has 0 bridgehead atoms. The maximum absolute atomic E-state index is 12.4. The third kappa shape index (κ3) is 4.31. The first-order chi connectivity index (χ1) is 10.8. The molecule has 3 rings (SSSR count). The molecule has 1 aromatic carbocycles. The molecular formula is C18H26N2O2. The topological polar surface area (TPSA) is 32.8 Å². The fourth-order valence-electron chi connectivity index (χ4n) is 3.34. The Morgan fingerprint density at radius 1 is 1.14 bits per heavy atom. The minimum atomic E-state index is 0.315. The minimum absolute atomic E-state index is 0.315. The Kier molecular flexibility index (Phi) is 5.46. The maximum Gasteiger partial charge on any atom is 0.223 e. The van der Waals surface area contributed by atoms with Crippen LogP contribution in [0, 0.1) is 5.92 Å². The van der Waals surface area contributed by atoms with Crippen molar-refractivity contribution in [1.29, 1.82) is 0 Å². The summed E-state index contributed by atoms with van der Waals surface area (Å²) >= 11 is 0. The Labute approximate surface area is 133 Å². The fourth-order valence-corrected chi connectivity index (χ4v) is 3.34. The summed E-state index contributed by atoms with van der Waals surface area (Å²) in [5.41, 5.74) is 1.35. The van der Waals surface area contributed by atoms with Gasteiger partial charge in [0.25, 0.3) is 0 Å². The third-order valence-electron chi connectivity index (χ3n) is 4.69. The van der Waals surface area contributed by atoms with Gasteiger partial charge in [-0.05, 0) is 24.3 Å². The van der Waals surface area contributed by atoms with Gasteiger partial charge in [-0.1, -0.05) is 30.3 Å². The third-order valence-corrected chi connectivity index (χ3v) is 4.69. The molecule has 1 amide bonds. The zero-order valence-electron chi connectivity index (χ0n) is 13.2. The molecule has 2 heterocycles. The van der Waals surface area contributed by atoms with Gasteiger partial charge in [0.05, 0.1) is 0 Å². The second kappa shape index (κ2) is 7.75. The molecule has 2 fully saturated rings. The number of benzene rings is 1. The van der Waals surface area contributed by atoms with Crippen LogP contribution in [0.25, 0.3) is 0 Å². The largest absolute Gasteiger partial charge is 0.381 e. The van der Waals surface area contributed by atoms with Crippen molar-refractivity contribution in [2.45, 2.75) is 25.8 Å². The lowest BCUT2D eigenvalue weighted by molar-refractivity contribution is -0.135. The molecule has 0 spiro atoms. The summed E-state index contributed by atoms with van der Waals surface area (Å²) in [6, 6.07) is 10.6. The number of rotatable bonds is 4. The molecule has 0 saturated carbocycles. The van der Waals surface area contributed by atoms with Crippen LogP contribution in [-0.4, -0.2) is 55.1 Å². The van der Waals surface area contributed by atoms with Gasteiger partial charge in [0.15, 0.2) is 0 Å². The van der Waals surface area contributed by atoms with Crippen molar-refractivity contribution in [3.63, 3.8) is 0 Å². The van der Waals surface area contributed by atoms with E-state index in [2.05, 4.69) is 35.2 Å². The van der Waals surface area contributed by atoms with Crippen LogP contribution in [0.15, 0.2) is 30.3 Å². The SMILES string of the molecule is O=C(CC1CCCOC1)N1CCN(Cc2ccccc2)CC1. The van der Waals surface area contributed by atoms with Crippen molar-refractivity contribution in [3.8, 4) is 0 Å². The monoisotopic (exact) mass is 302 g/mol. The lowest BCUT2D eigenvalue weighted by Crippen LogP contribution is -2.48. The minimum Gasteiger partial charge on any atom is -0.381 e. The van der Waals surface area contributed by atoms with E-state index in [-0.39, 0.29) is 0 Å². The number of carbonyl (C=O) groups excluding carboxylic acids is 1. The van der Waals surface area contributed by atoms with Crippen molar-refractivity contribution in [3.05, 3.63) is 35.9 Å². The van der Waals surface area contributed by atoms with E-state index in [1.165, 1.54) is 5.56 Å². The van der Waals surface area contributed by atoms with E-state index < -0.39 is 0 Å². The summed E-state index contributed by atoms with van der Waals surface area (Å²) in [4.78, 5) is 16.9. The molecule has 2 aliphatic heterocycles. The van der Waals surface area contributed by atoms with Crippen LogP contribution in [0.3, 0.4) is 0 Å². The highest BCUT2D eigenvalue weighted by Gasteiger charge is 2.24. The summed E-state index contributed by atoms with van der Waals surface area (Å²) in [5.74, 6) is 0.749. The van der Waals surface area contributed by atoms with Crippen LogP contribution in [0.5, 0.6) is 0 Å². The zero-order chi connectivity index (χ0) is 15.2. The summed E-state index contributed by atoms with van der Waals surface area (Å²) in [6.45, 7) is 6.28. The Morgan fingerprint density at radius 3 is 2.59 bits per heavy atom. The number of piperazine rings is 1. The van der Waals surface area contributed by atoms with Crippen LogP contribution in [-0.2, 0) is 16.1 Å². The predicted octanol–water partition coefficient (Wildman–Crippen LogP) is 2.15. The highest BCUT2D eigenvalue weighted by molar-refractivity contribution is 5.76. The zero-order valence-corrected chi connectivity index (χ0v) is 13.2. The van der Waals surface area contributed by atoms with E-state index in [1.807, 2.05) is 4.90 Å². The summed E-state index contributed by atoms with van der Waals surface area (Å²) in [7, 11) is 0. The molecule has 2 aliphatic rings. The van der Waals surface area contributed by atoms with Crippen molar-refractivity contribution in [1.82, 2.24) is 9.80 Å². The predicted molar refractivity (Wildman–Crippen MR) is 86.5 cm³/mol. The number of hydrogen-bond acceptors (Lipinski definition) is 3. The van der Waals surface area contributed by atoms with Crippen LogP contribution in [0.4, 0.5) is 0 Å². The lowest BCUT2D eigenvalue weighted by Gasteiger charge is -2.35. The Morgan fingerprint density at radius 2 is 1.91 bits per heavy atom. The molecule has 0 radical (unpaired) electrons. The number of hydrogen-bond donors (Lipinski definition) is 0. The van der Waals surface area contributed by atoms with E-state index in [4.69, 9.17) is 4.74 Å². The summed E-state index contributed by atoms with van der Waals surface area (Å²) in [6.07, 6.45) is 2.90. The standard InChI is InChI=1S/C18H26N2O2/c21-18(13-17-7-4-12-22-15-17)20-10-8-19(9-11-20)14-16-5-2-1-3-6-16/h1-3,5-6,17H,4,7-15H2. The number of amides is 1. The number of nitrogens with zero attached hydrogens (tertiary/aromatic N) is 2. The van der Waals surface area contributed by atoms with E-state index in [9.17, 15) is 4.79 Å². The smallest absolute Gasteiger partial charge is 0.223 e. The average Bonchev–Trinajstić information content (AvgIpc) is 2.57. The quantitative estimate of drug-likeness (QED) is 0.854. The highest BCUT2D eigenvalue weighted by atomic mass is 16.5. The van der Waals surface area contributed by atoms with Crippen LogP contribution in [0.2, 0.25) is 0 Å². The van der Waals surface area contributed by atoms with E-state index in [0.717, 1.165) is 58.8 Å². The van der Waals surface area contributed by atoms with Gasteiger partial charge in [-0.2, -0.15) is 0 Å². The van der Waals surface area contributed by atoms with Gasteiger partial charge in [-0.25, -0.2) is 0 Å². The van der Waals surface area contributed by atoms with Gasteiger partial charge in [-0.15, -0.1) is 0 Å². The van der Waals surface area contributed by atoms with Crippen molar-refractivity contribution >= 4 is 5.91 Å². The van der Waals surface area contributed by atoms with E-state index >= 15 is 0 Å². The molecule has 1 aromatic rings.